The number of carbonyl (C=O) groups is 3. The highest BCUT2D eigenvalue weighted by Gasteiger charge is 2.30. The maximum atomic E-state index is 12.4. The van der Waals surface area contributed by atoms with Gasteiger partial charge in [-0.2, -0.15) is 0 Å². The number of hydrogen-bond donors (Lipinski definition) is 3. The molecule has 0 unspecified atom stereocenters. The summed E-state index contributed by atoms with van der Waals surface area (Å²) in [4.78, 5) is 39.3. The molecular formula is C18H19N3O5. The highest BCUT2D eigenvalue weighted by molar-refractivity contribution is 6.04. The fourth-order valence-electron chi connectivity index (χ4n) is 2.85. The first-order chi connectivity index (χ1) is 12.5. The lowest BCUT2D eigenvalue weighted by atomic mass is 10.0. The maximum absolute atomic E-state index is 12.4. The lowest BCUT2D eigenvalue weighted by molar-refractivity contribution is -0.139. The zero-order chi connectivity index (χ0) is 18.7. The van der Waals surface area contributed by atoms with E-state index in [4.69, 9.17) is 9.47 Å². The number of ether oxygens (including phenoxy) is 2. The first-order valence-electron chi connectivity index (χ1n) is 8.22. The van der Waals surface area contributed by atoms with Crippen molar-refractivity contribution in [2.75, 3.05) is 13.2 Å². The summed E-state index contributed by atoms with van der Waals surface area (Å²) in [6.45, 7) is 3.30. The van der Waals surface area contributed by atoms with Crippen molar-refractivity contribution in [3.05, 3.63) is 47.3 Å². The molecule has 136 valence electrons. The van der Waals surface area contributed by atoms with Gasteiger partial charge in [0.15, 0.2) is 0 Å². The molecule has 2 amide bonds. The second kappa shape index (κ2) is 7.30. The van der Waals surface area contributed by atoms with Crippen LogP contribution < -0.4 is 10.6 Å². The van der Waals surface area contributed by atoms with Gasteiger partial charge in [-0.3, -0.25) is 0 Å². The van der Waals surface area contributed by atoms with Crippen LogP contribution in [0, 0.1) is 0 Å². The molecule has 1 aromatic heterocycles. The quantitative estimate of drug-likeness (QED) is 0.708. The third-order valence-electron chi connectivity index (χ3n) is 4.02. The van der Waals surface area contributed by atoms with Gasteiger partial charge in [-0.15, -0.1) is 0 Å². The van der Waals surface area contributed by atoms with E-state index in [0.717, 1.165) is 10.9 Å². The molecule has 1 atom stereocenters. The molecule has 0 spiro atoms. The summed E-state index contributed by atoms with van der Waals surface area (Å²) < 4.78 is 10.3. The molecule has 2 aromatic rings. The van der Waals surface area contributed by atoms with Crippen LogP contribution >= 0.6 is 0 Å². The lowest BCUT2D eigenvalue weighted by Crippen LogP contribution is -2.50. The molecule has 0 fully saturated rings. The zero-order valence-electron chi connectivity index (χ0n) is 14.4. The number of urea groups is 1. The average molecular weight is 357 g/mol. The first kappa shape index (κ1) is 17.5. The second-order valence-corrected chi connectivity index (χ2v) is 5.76. The number of nitrogens with one attached hydrogen (secondary N) is 3. The molecule has 0 saturated carbocycles. The van der Waals surface area contributed by atoms with Crippen molar-refractivity contribution < 1.29 is 23.9 Å². The zero-order valence-corrected chi connectivity index (χ0v) is 14.4. The standard InChI is InChI=1S/C18H19N3O5/c1-3-25-17(23)15-10(2)20-18(24)21-14(15)9-26-16(22)12-8-19-13-7-5-4-6-11(12)13/h4-8,10,19H,3,9H2,1-2H3,(H2,20,21,24)/t10-/m0/s1. The number of carbonyl (C=O) groups excluding carboxylic acids is 3. The Balaban J connectivity index is 1.81. The van der Waals surface area contributed by atoms with Gasteiger partial charge in [0.05, 0.1) is 29.5 Å². The SMILES string of the molecule is CCOC(=O)C1=C(COC(=O)c2c[nH]c3ccccc23)NC(=O)N[C@H]1C. The van der Waals surface area contributed by atoms with E-state index in [-0.39, 0.29) is 24.5 Å². The summed E-state index contributed by atoms with van der Waals surface area (Å²) in [7, 11) is 0. The van der Waals surface area contributed by atoms with Crippen molar-refractivity contribution in [2.24, 2.45) is 0 Å². The average Bonchev–Trinajstić information content (AvgIpc) is 3.03. The number of fused-ring (bicyclic) bond motifs is 1. The monoisotopic (exact) mass is 357 g/mol. The van der Waals surface area contributed by atoms with Crippen molar-refractivity contribution in [3.8, 4) is 0 Å². The summed E-state index contributed by atoms with van der Waals surface area (Å²) in [5, 5.41) is 5.84. The van der Waals surface area contributed by atoms with Gasteiger partial charge in [0.2, 0.25) is 0 Å². The van der Waals surface area contributed by atoms with E-state index in [1.165, 1.54) is 0 Å². The Hall–Kier alpha value is -3.29. The third-order valence-corrected chi connectivity index (χ3v) is 4.02. The van der Waals surface area contributed by atoms with Gasteiger partial charge < -0.3 is 25.1 Å². The number of benzene rings is 1. The largest absolute Gasteiger partial charge is 0.463 e. The number of para-hydroxylation sites is 1. The molecule has 0 radical (unpaired) electrons. The van der Waals surface area contributed by atoms with Crippen molar-refractivity contribution in [2.45, 2.75) is 19.9 Å². The minimum absolute atomic E-state index is 0.200. The lowest BCUT2D eigenvalue weighted by Gasteiger charge is -2.26. The number of esters is 2. The Bertz CT molecular complexity index is 899. The molecule has 0 saturated heterocycles. The van der Waals surface area contributed by atoms with Gasteiger partial charge in [0, 0.05) is 17.1 Å². The van der Waals surface area contributed by atoms with E-state index in [2.05, 4.69) is 15.6 Å². The Morgan fingerprint density at radius 1 is 1.15 bits per heavy atom. The molecule has 3 rings (SSSR count). The van der Waals surface area contributed by atoms with Crippen molar-refractivity contribution >= 4 is 28.9 Å². The Labute approximate surface area is 149 Å². The summed E-state index contributed by atoms with van der Waals surface area (Å²) in [6, 6.07) is 6.31. The highest BCUT2D eigenvalue weighted by atomic mass is 16.5. The van der Waals surface area contributed by atoms with Crippen LogP contribution in [-0.2, 0) is 14.3 Å². The fourth-order valence-corrected chi connectivity index (χ4v) is 2.85. The highest BCUT2D eigenvalue weighted by Crippen LogP contribution is 2.20. The van der Waals surface area contributed by atoms with Crippen LogP contribution in [0.5, 0.6) is 0 Å². The van der Waals surface area contributed by atoms with Crippen molar-refractivity contribution in [1.82, 2.24) is 15.6 Å². The van der Waals surface area contributed by atoms with Gasteiger partial charge in [-0.05, 0) is 19.9 Å². The predicted molar refractivity (Wildman–Crippen MR) is 93.4 cm³/mol. The Morgan fingerprint density at radius 3 is 2.69 bits per heavy atom. The molecule has 1 aliphatic heterocycles. The van der Waals surface area contributed by atoms with Gasteiger partial charge in [-0.25, -0.2) is 14.4 Å². The number of aromatic nitrogens is 1. The molecule has 0 bridgehead atoms. The van der Waals surface area contributed by atoms with Crippen molar-refractivity contribution in [3.63, 3.8) is 0 Å². The maximum Gasteiger partial charge on any atom is 0.340 e. The Kier molecular flexibility index (Phi) is 4.92. The van der Waals surface area contributed by atoms with Crippen molar-refractivity contribution in [1.29, 1.82) is 0 Å². The van der Waals surface area contributed by atoms with Crippen LogP contribution in [0.1, 0.15) is 24.2 Å². The smallest absolute Gasteiger partial charge is 0.340 e. The van der Waals surface area contributed by atoms with Crippen LogP contribution in [0.3, 0.4) is 0 Å². The molecule has 1 aliphatic rings. The molecule has 0 aliphatic carbocycles. The minimum atomic E-state index is -0.564. The summed E-state index contributed by atoms with van der Waals surface area (Å²) >= 11 is 0. The molecular weight excluding hydrogens is 338 g/mol. The van der Waals surface area contributed by atoms with Crippen LogP contribution in [0.4, 0.5) is 4.79 Å². The van der Waals surface area contributed by atoms with Gasteiger partial charge >= 0.3 is 18.0 Å². The molecule has 26 heavy (non-hydrogen) atoms. The number of hydrogen-bond acceptors (Lipinski definition) is 5. The fraction of sp³-hybridized carbons (Fsp3) is 0.278. The number of H-pyrrole nitrogens is 1. The van der Waals surface area contributed by atoms with Crippen LogP contribution in [0.15, 0.2) is 41.7 Å². The normalized spacial score (nSPS) is 16.8. The van der Waals surface area contributed by atoms with E-state index in [1.54, 1.807) is 26.1 Å². The summed E-state index contributed by atoms with van der Waals surface area (Å²) in [6.07, 6.45) is 1.57. The van der Waals surface area contributed by atoms with E-state index in [9.17, 15) is 14.4 Å². The van der Waals surface area contributed by atoms with E-state index in [0.29, 0.717) is 5.56 Å². The third kappa shape index (κ3) is 3.39. The van der Waals surface area contributed by atoms with E-state index >= 15 is 0 Å². The van der Waals surface area contributed by atoms with Gasteiger partial charge in [0.25, 0.3) is 0 Å². The minimum Gasteiger partial charge on any atom is -0.463 e. The van der Waals surface area contributed by atoms with Crippen LogP contribution in [0.25, 0.3) is 10.9 Å². The van der Waals surface area contributed by atoms with E-state index in [1.807, 2.05) is 18.2 Å². The summed E-state index contributed by atoms with van der Waals surface area (Å²) in [5.74, 6) is -1.12. The Morgan fingerprint density at radius 2 is 1.92 bits per heavy atom. The predicted octanol–water partition coefficient (Wildman–Crippen LogP) is 1.84. The van der Waals surface area contributed by atoms with Gasteiger partial charge in [0.1, 0.15) is 6.61 Å². The summed E-state index contributed by atoms with van der Waals surface area (Å²) in [5.41, 5.74) is 1.65. The first-order valence-corrected chi connectivity index (χ1v) is 8.22. The van der Waals surface area contributed by atoms with Crippen LogP contribution in [-0.4, -0.2) is 42.2 Å². The van der Waals surface area contributed by atoms with E-state index < -0.39 is 24.0 Å². The number of rotatable bonds is 5. The second-order valence-electron chi connectivity index (χ2n) is 5.76. The molecule has 2 heterocycles. The topological polar surface area (TPSA) is 110 Å². The number of aromatic amines is 1. The number of amides is 2. The van der Waals surface area contributed by atoms with Gasteiger partial charge in [-0.1, -0.05) is 18.2 Å². The van der Waals surface area contributed by atoms with Crippen LogP contribution in [0.2, 0.25) is 0 Å². The molecule has 1 aromatic carbocycles. The molecule has 3 N–H and O–H groups in total. The molecule has 8 nitrogen and oxygen atoms in total. The molecule has 8 heteroatoms.